The molecule has 0 aromatic rings. The molecular weight excluding hydrogens is 157 g/mol. The number of hydrogen-bond acceptors (Lipinski definition) is 1. The first-order valence-electron chi connectivity index (χ1n) is 1.49. The minimum Gasteiger partial charge on any atom is -0.481 e. The van der Waals surface area contributed by atoms with Gasteiger partial charge in [0.05, 0.1) is 0 Å². The predicted octanol–water partition coefficient (Wildman–Crippen LogP) is 0.478. The Balaban J connectivity index is 0. The zero-order valence-corrected chi connectivity index (χ0v) is 6.48. The molecule has 0 fully saturated rings. The summed E-state index contributed by atoms with van der Waals surface area (Å²) in [5.74, 6) is -0.745. The Bertz CT molecular complexity index is 44.1. The molecule has 1 radical (unpaired) electrons. The quantitative estimate of drug-likeness (QED) is 0.610. The van der Waals surface area contributed by atoms with Crippen molar-refractivity contribution in [2.45, 2.75) is 13.3 Å². The molecule has 0 aromatic heterocycles. The third-order valence-corrected chi connectivity index (χ3v) is 0.302. The monoisotopic (exact) mass is 163 g/mol. The Morgan fingerprint density at radius 3 is 2.00 bits per heavy atom. The van der Waals surface area contributed by atoms with Crippen molar-refractivity contribution in [1.29, 1.82) is 0 Å². The van der Waals surface area contributed by atoms with Crippen LogP contribution < -0.4 is 0 Å². The van der Waals surface area contributed by atoms with E-state index in [0.29, 0.717) is 0 Å². The topological polar surface area (TPSA) is 37.3 Å². The summed E-state index contributed by atoms with van der Waals surface area (Å²) < 4.78 is 0. The number of rotatable bonds is 1. The molecular formula is C3H6O2Y. The summed E-state index contributed by atoms with van der Waals surface area (Å²) in [6.07, 6.45) is 0.222. The van der Waals surface area contributed by atoms with Crippen LogP contribution in [-0.4, -0.2) is 11.1 Å². The van der Waals surface area contributed by atoms with Gasteiger partial charge in [0.2, 0.25) is 0 Å². The fraction of sp³-hybridized carbons (Fsp3) is 0.667. The molecule has 6 heavy (non-hydrogen) atoms. The van der Waals surface area contributed by atoms with Crippen LogP contribution in [-0.2, 0) is 37.5 Å². The summed E-state index contributed by atoms with van der Waals surface area (Å²) >= 11 is 0. The number of hydrogen-bond donors (Lipinski definition) is 1. The molecule has 0 aromatic carbocycles. The van der Waals surface area contributed by atoms with Crippen LogP contribution in [0.15, 0.2) is 0 Å². The Labute approximate surface area is 61.8 Å². The van der Waals surface area contributed by atoms with E-state index in [9.17, 15) is 4.79 Å². The van der Waals surface area contributed by atoms with Gasteiger partial charge in [-0.1, -0.05) is 6.92 Å². The maximum absolute atomic E-state index is 9.37. The Kier molecular flexibility index (Phi) is 9.07. The van der Waals surface area contributed by atoms with Gasteiger partial charge in [0.25, 0.3) is 0 Å². The number of carboxylic acid groups (broad SMARTS) is 1. The standard InChI is InChI=1S/C3H6O2.Y/c1-2-3(4)5;/h2H2,1H3,(H,4,5);. The van der Waals surface area contributed by atoms with E-state index in [-0.39, 0.29) is 39.1 Å². The molecule has 0 rings (SSSR count). The molecule has 0 saturated heterocycles. The normalized spacial score (nSPS) is 6.17. The van der Waals surface area contributed by atoms with Crippen LogP contribution in [0.3, 0.4) is 0 Å². The van der Waals surface area contributed by atoms with Crippen molar-refractivity contribution in [2.75, 3.05) is 0 Å². The van der Waals surface area contributed by atoms with Crippen LogP contribution in [0.1, 0.15) is 13.3 Å². The van der Waals surface area contributed by atoms with Gasteiger partial charge in [0, 0.05) is 39.1 Å². The first-order valence-corrected chi connectivity index (χ1v) is 1.49. The SMILES string of the molecule is CCC(=O)O.[Y]. The van der Waals surface area contributed by atoms with Crippen LogP contribution in [0.4, 0.5) is 0 Å². The van der Waals surface area contributed by atoms with Gasteiger partial charge in [0.15, 0.2) is 0 Å². The summed E-state index contributed by atoms with van der Waals surface area (Å²) in [6.45, 7) is 1.60. The van der Waals surface area contributed by atoms with Crippen LogP contribution in [0, 0.1) is 0 Å². The Hall–Kier alpha value is 0.574. The van der Waals surface area contributed by atoms with Crippen molar-refractivity contribution in [3.05, 3.63) is 0 Å². The predicted molar refractivity (Wildman–Crippen MR) is 17.9 cm³/mol. The van der Waals surface area contributed by atoms with E-state index in [1.165, 1.54) is 0 Å². The summed E-state index contributed by atoms with van der Waals surface area (Å²) in [7, 11) is 0. The van der Waals surface area contributed by atoms with Crippen molar-refractivity contribution in [3.63, 3.8) is 0 Å². The second-order valence-electron chi connectivity index (χ2n) is 0.747. The second-order valence-corrected chi connectivity index (χ2v) is 0.747. The molecule has 0 aliphatic carbocycles. The maximum Gasteiger partial charge on any atom is 0.303 e. The van der Waals surface area contributed by atoms with Gasteiger partial charge in [-0.05, 0) is 0 Å². The molecule has 0 aliphatic heterocycles. The molecule has 0 unspecified atom stereocenters. The van der Waals surface area contributed by atoms with Gasteiger partial charge in [-0.25, -0.2) is 0 Å². The van der Waals surface area contributed by atoms with Crippen LogP contribution >= 0.6 is 0 Å². The molecule has 2 nitrogen and oxygen atoms in total. The average molecular weight is 163 g/mol. The largest absolute Gasteiger partial charge is 0.481 e. The summed E-state index contributed by atoms with van der Waals surface area (Å²) in [5, 5.41) is 7.72. The number of carboxylic acids is 1. The van der Waals surface area contributed by atoms with Crippen molar-refractivity contribution < 1.29 is 42.6 Å². The van der Waals surface area contributed by atoms with E-state index >= 15 is 0 Å². The molecule has 1 N–H and O–H groups in total. The smallest absolute Gasteiger partial charge is 0.303 e. The van der Waals surface area contributed by atoms with Gasteiger partial charge < -0.3 is 5.11 Å². The van der Waals surface area contributed by atoms with Crippen LogP contribution in [0.25, 0.3) is 0 Å². The van der Waals surface area contributed by atoms with Crippen LogP contribution in [0.5, 0.6) is 0 Å². The van der Waals surface area contributed by atoms with Crippen molar-refractivity contribution in [2.24, 2.45) is 0 Å². The fourth-order valence-electron chi connectivity index (χ4n) is 0. The van der Waals surface area contributed by atoms with Crippen molar-refractivity contribution >= 4 is 5.97 Å². The molecule has 0 aliphatic rings. The molecule has 33 valence electrons. The first-order chi connectivity index (χ1) is 2.27. The van der Waals surface area contributed by atoms with E-state index < -0.39 is 5.97 Å². The summed E-state index contributed by atoms with van der Waals surface area (Å²) in [5.41, 5.74) is 0. The number of carbonyl (C=O) groups is 1. The van der Waals surface area contributed by atoms with E-state index in [1.807, 2.05) is 0 Å². The maximum atomic E-state index is 9.37. The third-order valence-electron chi connectivity index (χ3n) is 0.302. The molecule has 0 atom stereocenters. The minimum atomic E-state index is -0.745. The first kappa shape index (κ1) is 9.76. The van der Waals surface area contributed by atoms with Crippen molar-refractivity contribution in [3.8, 4) is 0 Å². The zero-order valence-electron chi connectivity index (χ0n) is 3.64. The van der Waals surface area contributed by atoms with E-state index in [1.54, 1.807) is 6.92 Å². The van der Waals surface area contributed by atoms with Gasteiger partial charge in [0.1, 0.15) is 0 Å². The van der Waals surface area contributed by atoms with E-state index in [2.05, 4.69) is 0 Å². The Morgan fingerprint density at radius 2 is 2.00 bits per heavy atom. The van der Waals surface area contributed by atoms with Crippen LogP contribution in [0.2, 0.25) is 0 Å². The second kappa shape index (κ2) is 5.57. The molecule has 0 saturated carbocycles. The van der Waals surface area contributed by atoms with Gasteiger partial charge in [-0.3, -0.25) is 4.79 Å². The van der Waals surface area contributed by atoms with E-state index in [0.717, 1.165) is 0 Å². The third kappa shape index (κ3) is 8.82. The molecule has 0 bridgehead atoms. The minimum absolute atomic E-state index is 0. The van der Waals surface area contributed by atoms with Gasteiger partial charge >= 0.3 is 5.97 Å². The number of aliphatic carboxylic acids is 1. The Morgan fingerprint density at radius 1 is 1.83 bits per heavy atom. The van der Waals surface area contributed by atoms with Gasteiger partial charge in [-0.15, -0.1) is 0 Å². The fourth-order valence-corrected chi connectivity index (χ4v) is 0. The van der Waals surface area contributed by atoms with Crippen molar-refractivity contribution in [1.82, 2.24) is 0 Å². The summed E-state index contributed by atoms with van der Waals surface area (Å²) in [6, 6.07) is 0. The van der Waals surface area contributed by atoms with Gasteiger partial charge in [-0.2, -0.15) is 0 Å². The van der Waals surface area contributed by atoms with E-state index in [4.69, 9.17) is 5.11 Å². The molecule has 0 heterocycles. The molecule has 0 spiro atoms. The zero-order chi connectivity index (χ0) is 4.28. The average Bonchev–Trinajstić information content (AvgIpc) is 1.38. The molecule has 0 amide bonds. The molecule has 3 heteroatoms. The summed E-state index contributed by atoms with van der Waals surface area (Å²) in [4.78, 5) is 9.37.